The van der Waals surface area contributed by atoms with E-state index in [0.29, 0.717) is 13.2 Å². The van der Waals surface area contributed by atoms with E-state index in [4.69, 9.17) is 4.74 Å². The number of benzene rings is 1. The molecule has 0 saturated carbocycles. The number of hydrogen-bond acceptors (Lipinski definition) is 4. The molecule has 0 atom stereocenters. The van der Waals surface area contributed by atoms with Crippen molar-refractivity contribution in [3.8, 4) is 5.75 Å². The molecule has 20 heavy (non-hydrogen) atoms. The lowest BCUT2D eigenvalue weighted by Gasteiger charge is -2.12. The number of aromatic nitrogens is 2. The lowest BCUT2D eigenvalue weighted by molar-refractivity contribution is 0.330. The van der Waals surface area contributed by atoms with Crippen LogP contribution in [0.15, 0.2) is 29.1 Å². The van der Waals surface area contributed by atoms with Crippen molar-refractivity contribution >= 4 is 21.7 Å². The minimum absolute atomic E-state index is 0.588. The second kappa shape index (κ2) is 6.70. The van der Waals surface area contributed by atoms with E-state index < -0.39 is 0 Å². The summed E-state index contributed by atoms with van der Waals surface area (Å²) in [6.45, 7) is 7.38. The Bertz CT molecular complexity index is 602. The number of nitrogens with one attached hydrogen (secondary N) is 1. The quantitative estimate of drug-likeness (QED) is 0.669. The lowest BCUT2D eigenvalue weighted by atomic mass is 10.1. The molecule has 0 unspecified atom stereocenters. The van der Waals surface area contributed by atoms with E-state index in [1.807, 2.05) is 13.0 Å². The normalized spacial score (nSPS) is 10.4. The van der Waals surface area contributed by atoms with E-state index in [0.717, 1.165) is 27.3 Å². The molecule has 0 bridgehead atoms. The van der Waals surface area contributed by atoms with Gasteiger partial charge in [-0.05, 0) is 48.3 Å². The molecule has 0 saturated heterocycles. The van der Waals surface area contributed by atoms with Crippen molar-refractivity contribution in [2.45, 2.75) is 20.8 Å². The first kappa shape index (κ1) is 14.8. The summed E-state index contributed by atoms with van der Waals surface area (Å²) in [4.78, 5) is 8.27. The first-order chi connectivity index (χ1) is 9.58. The van der Waals surface area contributed by atoms with E-state index >= 15 is 0 Å². The fourth-order valence-corrected chi connectivity index (χ4v) is 2.18. The minimum atomic E-state index is 0.588. The molecule has 5 heteroatoms. The summed E-state index contributed by atoms with van der Waals surface area (Å²) >= 11 is 3.39. The van der Waals surface area contributed by atoms with Gasteiger partial charge in [0.2, 0.25) is 0 Å². The van der Waals surface area contributed by atoms with E-state index in [1.54, 1.807) is 0 Å². The largest absolute Gasteiger partial charge is 0.491 e. The zero-order valence-corrected chi connectivity index (χ0v) is 13.5. The summed E-state index contributed by atoms with van der Waals surface area (Å²) < 4.78 is 6.58. The maximum Gasteiger partial charge on any atom is 0.133 e. The van der Waals surface area contributed by atoms with Crippen LogP contribution in [0.3, 0.4) is 0 Å². The first-order valence-electron chi connectivity index (χ1n) is 6.49. The van der Waals surface area contributed by atoms with Gasteiger partial charge >= 0.3 is 0 Å². The Morgan fingerprint density at radius 2 is 2.00 bits per heavy atom. The van der Waals surface area contributed by atoms with Gasteiger partial charge < -0.3 is 10.1 Å². The number of rotatable bonds is 5. The van der Waals surface area contributed by atoms with Gasteiger partial charge in [0.25, 0.3) is 0 Å². The Morgan fingerprint density at radius 1 is 1.20 bits per heavy atom. The summed E-state index contributed by atoms with van der Waals surface area (Å²) in [5.74, 6) is 1.76. The molecule has 0 aliphatic carbocycles. The van der Waals surface area contributed by atoms with Crippen molar-refractivity contribution < 1.29 is 4.74 Å². The minimum Gasteiger partial charge on any atom is -0.491 e. The van der Waals surface area contributed by atoms with Gasteiger partial charge in [0.15, 0.2) is 0 Å². The van der Waals surface area contributed by atoms with Gasteiger partial charge in [-0.15, -0.1) is 0 Å². The van der Waals surface area contributed by atoms with Gasteiger partial charge in [-0.1, -0.05) is 17.7 Å². The van der Waals surface area contributed by atoms with Gasteiger partial charge in [0.1, 0.15) is 29.1 Å². The smallest absolute Gasteiger partial charge is 0.133 e. The fourth-order valence-electron chi connectivity index (χ4n) is 1.90. The molecule has 4 nitrogen and oxygen atoms in total. The van der Waals surface area contributed by atoms with Gasteiger partial charge in [-0.2, -0.15) is 0 Å². The molecular weight excluding hydrogens is 318 g/mol. The molecular formula is C15H18BrN3O. The predicted octanol–water partition coefficient (Wildman–Crippen LogP) is 3.66. The Balaban J connectivity index is 1.86. The Hall–Kier alpha value is -1.62. The van der Waals surface area contributed by atoms with Crippen LogP contribution >= 0.6 is 15.9 Å². The number of halogens is 1. The number of aryl methyl sites for hydroxylation is 2. The van der Waals surface area contributed by atoms with Crippen LogP contribution in [0.5, 0.6) is 5.75 Å². The number of nitrogens with zero attached hydrogens (tertiary/aromatic N) is 2. The van der Waals surface area contributed by atoms with E-state index in [2.05, 4.69) is 57.2 Å². The van der Waals surface area contributed by atoms with Crippen LogP contribution in [0.25, 0.3) is 0 Å². The average molecular weight is 336 g/mol. The zero-order valence-electron chi connectivity index (χ0n) is 11.9. The highest BCUT2D eigenvalue weighted by molar-refractivity contribution is 9.10. The molecule has 0 aliphatic rings. The fraction of sp³-hybridized carbons (Fsp3) is 0.333. The molecule has 0 spiro atoms. The van der Waals surface area contributed by atoms with Crippen LogP contribution in [0.4, 0.5) is 5.82 Å². The van der Waals surface area contributed by atoms with Crippen LogP contribution in [0.2, 0.25) is 0 Å². The highest BCUT2D eigenvalue weighted by Crippen LogP contribution is 2.19. The van der Waals surface area contributed by atoms with Crippen LogP contribution in [-0.2, 0) is 0 Å². The Labute approximate surface area is 127 Å². The number of ether oxygens (including phenoxy) is 1. The van der Waals surface area contributed by atoms with E-state index in [-0.39, 0.29) is 0 Å². The van der Waals surface area contributed by atoms with Crippen molar-refractivity contribution in [3.63, 3.8) is 0 Å². The molecule has 0 aliphatic heterocycles. The highest BCUT2D eigenvalue weighted by atomic mass is 79.9. The average Bonchev–Trinajstić information content (AvgIpc) is 2.41. The Kier molecular flexibility index (Phi) is 4.95. The summed E-state index contributed by atoms with van der Waals surface area (Å²) in [5, 5.41) is 3.25. The van der Waals surface area contributed by atoms with Crippen LogP contribution < -0.4 is 10.1 Å². The van der Waals surface area contributed by atoms with Crippen molar-refractivity contribution in [2.24, 2.45) is 0 Å². The third-order valence-electron chi connectivity index (χ3n) is 3.01. The van der Waals surface area contributed by atoms with Crippen molar-refractivity contribution in [3.05, 3.63) is 45.8 Å². The summed E-state index contributed by atoms with van der Waals surface area (Å²) in [6.07, 6.45) is 1.53. The molecule has 106 valence electrons. The molecule has 1 heterocycles. The van der Waals surface area contributed by atoms with Crippen LogP contribution in [0.1, 0.15) is 16.7 Å². The van der Waals surface area contributed by atoms with Gasteiger partial charge in [0, 0.05) is 5.56 Å². The summed E-state index contributed by atoms with van der Waals surface area (Å²) in [6, 6.07) is 6.19. The van der Waals surface area contributed by atoms with E-state index in [1.165, 1.54) is 11.9 Å². The maximum absolute atomic E-state index is 5.77. The number of hydrogen-bond donors (Lipinski definition) is 1. The monoisotopic (exact) mass is 335 g/mol. The molecule has 2 aromatic rings. The molecule has 1 aromatic heterocycles. The molecule has 0 radical (unpaired) electrons. The molecule has 1 N–H and O–H groups in total. The molecule has 2 rings (SSSR count). The van der Waals surface area contributed by atoms with Gasteiger partial charge in [-0.3, -0.25) is 0 Å². The Morgan fingerprint density at radius 3 is 2.75 bits per heavy atom. The van der Waals surface area contributed by atoms with Crippen molar-refractivity contribution in [2.75, 3.05) is 18.5 Å². The zero-order chi connectivity index (χ0) is 14.5. The van der Waals surface area contributed by atoms with Crippen molar-refractivity contribution in [1.29, 1.82) is 0 Å². The summed E-state index contributed by atoms with van der Waals surface area (Å²) in [7, 11) is 0. The third kappa shape index (κ3) is 3.70. The topological polar surface area (TPSA) is 47.0 Å². The van der Waals surface area contributed by atoms with Gasteiger partial charge in [0.05, 0.1) is 6.54 Å². The van der Waals surface area contributed by atoms with E-state index in [9.17, 15) is 0 Å². The standard InChI is InChI=1S/C15H18BrN3O/c1-10-4-5-13(11(2)8-10)20-7-6-17-15-12(3)14(16)18-9-19-15/h4-5,8-9H,6-7H2,1-3H3,(H,17,18,19). The second-order valence-corrected chi connectivity index (χ2v) is 5.43. The lowest BCUT2D eigenvalue weighted by Crippen LogP contribution is -2.13. The van der Waals surface area contributed by atoms with Crippen LogP contribution in [0, 0.1) is 20.8 Å². The highest BCUT2D eigenvalue weighted by Gasteiger charge is 2.04. The summed E-state index contributed by atoms with van der Waals surface area (Å²) in [5.41, 5.74) is 3.40. The third-order valence-corrected chi connectivity index (χ3v) is 3.80. The molecule has 1 aromatic carbocycles. The van der Waals surface area contributed by atoms with Crippen LogP contribution in [-0.4, -0.2) is 23.1 Å². The first-order valence-corrected chi connectivity index (χ1v) is 7.28. The SMILES string of the molecule is Cc1ccc(OCCNc2ncnc(Br)c2C)c(C)c1. The van der Waals surface area contributed by atoms with Gasteiger partial charge in [-0.25, -0.2) is 9.97 Å². The number of anilines is 1. The maximum atomic E-state index is 5.77. The molecule has 0 fully saturated rings. The molecule has 0 amide bonds. The second-order valence-electron chi connectivity index (χ2n) is 4.68. The predicted molar refractivity (Wildman–Crippen MR) is 84.4 cm³/mol. The van der Waals surface area contributed by atoms with Crippen molar-refractivity contribution in [1.82, 2.24) is 9.97 Å².